The van der Waals surface area contributed by atoms with Gasteiger partial charge in [0.15, 0.2) is 5.13 Å². The number of hydrogen-bond acceptors (Lipinski definition) is 5. The molecule has 1 saturated heterocycles. The number of piperazine rings is 1. The summed E-state index contributed by atoms with van der Waals surface area (Å²) < 4.78 is 0.553. The number of aryl methyl sites for hydroxylation is 1. The lowest BCUT2D eigenvalue weighted by molar-refractivity contribution is 0.0743. The van der Waals surface area contributed by atoms with E-state index in [9.17, 15) is 9.90 Å². The third-order valence-electron chi connectivity index (χ3n) is 3.69. The molecule has 0 atom stereocenters. The van der Waals surface area contributed by atoms with Crippen molar-refractivity contribution in [2.75, 3.05) is 31.1 Å². The highest BCUT2D eigenvalue weighted by molar-refractivity contribution is 9.10. The number of nitrogens with zero attached hydrogens (tertiary/aromatic N) is 3. The summed E-state index contributed by atoms with van der Waals surface area (Å²) in [6.07, 6.45) is 1.79. The SMILES string of the molecule is Cc1cc(Br)c(O)c(C(=O)N2CCN(c3nccs3)CC2)c1. The molecule has 5 nitrogen and oxygen atoms in total. The summed E-state index contributed by atoms with van der Waals surface area (Å²) in [7, 11) is 0. The van der Waals surface area contributed by atoms with Crippen molar-refractivity contribution in [2.24, 2.45) is 0 Å². The Hall–Kier alpha value is -1.60. The Kier molecular flexibility index (Phi) is 4.35. The van der Waals surface area contributed by atoms with Crippen LogP contribution >= 0.6 is 27.3 Å². The minimum atomic E-state index is -0.124. The number of phenolic OH excluding ortho intramolecular Hbond substituents is 1. The highest BCUT2D eigenvalue weighted by Crippen LogP contribution is 2.30. The number of halogens is 1. The molecule has 0 bridgehead atoms. The lowest BCUT2D eigenvalue weighted by Gasteiger charge is -2.34. The third kappa shape index (κ3) is 2.96. The lowest BCUT2D eigenvalue weighted by Crippen LogP contribution is -2.48. The number of anilines is 1. The predicted octanol–water partition coefficient (Wildman–Crippen LogP) is 2.88. The Bertz CT molecular complexity index is 682. The van der Waals surface area contributed by atoms with E-state index in [4.69, 9.17) is 0 Å². The fourth-order valence-electron chi connectivity index (χ4n) is 2.54. The molecule has 0 unspecified atom stereocenters. The lowest BCUT2D eigenvalue weighted by atomic mass is 10.1. The van der Waals surface area contributed by atoms with Gasteiger partial charge in [0.2, 0.25) is 0 Å². The number of hydrogen-bond donors (Lipinski definition) is 1. The van der Waals surface area contributed by atoms with E-state index in [0.29, 0.717) is 23.1 Å². The Balaban J connectivity index is 1.72. The molecule has 1 fully saturated rings. The van der Waals surface area contributed by atoms with Crippen molar-refractivity contribution in [2.45, 2.75) is 6.92 Å². The first-order chi connectivity index (χ1) is 10.6. The number of carbonyl (C=O) groups excluding carboxylic acids is 1. The van der Waals surface area contributed by atoms with Gasteiger partial charge in [-0.3, -0.25) is 4.79 Å². The van der Waals surface area contributed by atoms with E-state index in [2.05, 4.69) is 25.8 Å². The number of aromatic hydroxyl groups is 1. The van der Waals surface area contributed by atoms with Gasteiger partial charge in [0.25, 0.3) is 5.91 Å². The number of benzene rings is 1. The van der Waals surface area contributed by atoms with Gasteiger partial charge in [0.05, 0.1) is 10.0 Å². The van der Waals surface area contributed by atoms with E-state index in [1.165, 1.54) is 0 Å². The molecule has 0 aliphatic carbocycles. The summed E-state index contributed by atoms with van der Waals surface area (Å²) in [5, 5.41) is 13.1. The molecule has 1 N–H and O–H groups in total. The molecule has 116 valence electrons. The Labute approximate surface area is 141 Å². The largest absolute Gasteiger partial charge is 0.506 e. The highest BCUT2D eigenvalue weighted by Gasteiger charge is 2.25. The van der Waals surface area contributed by atoms with Crippen LogP contribution in [0.5, 0.6) is 5.75 Å². The maximum atomic E-state index is 12.6. The number of thiazole rings is 1. The zero-order valence-electron chi connectivity index (χ0n) is 12.1. The van der Waals surface area contributed by atoms with Crippen molar-refractivity contribution in [3.05, 3.63) is 39.3 Å². The van der Waals surface area contributed by atoms with Crippen LogP contribution in [-0.2, 0) is 0 Å². The number of rotatable bonds is 2. The van der Waals surface area contributed by atoms with Crippen molar-refractivity contribution < 1.29 is 9.90 Å². The third-order valence-corrected chi connectivity index (χ3v) is 5.13. The predicted molar refractivity (Wildman–Crippen MR) is 90.8 cm³/mol. The van der Waals surface area contributed by atoms with Crippen molar-refractivity contribution in [1.29, 1.82) is 0 Å². The molecule has 0 radical (unpaired) electrons. The van der Waals surface area contributed by atoms with E-state index >= 15 is 0 Å². The Morgan fingerprint density at radius 1 is 1.32 bits per heavy atom. The van der Waals surface area contributed by atoms with Crippen LogP contribution in [0.2, 0.25) is 0 Å². The fourth-order valence-corrected chi connectivity index (χ4v) is 3.81. The monoisotopic (exact) mass is 381 g/mol. The molecule has 2 aromatic rings. The number of aromatic nitrogens is 1. The van der Waals surface area contributed by atoms with Crippen LogP contribution < -0.4 is 4.90 Å². The molecular weight excluding hydrogens is 366 g/mol. The maximum Gasteiger partial charge on any atom is 0.257 e. The van der Waals surface area contributed by atoms with Crippen LogP contribution in [0.15, 0.2) is 28.2 Å². The average molecular weight is 382 g/mol. The summed E-state index contributed by atoms with van der Waals surface area (Å²) >= 11 is 4.90. The minimum Gasteiger partial charge on any atom is -0.506 e. The molecule has 22 heavy (non-hydrogen) atoms. The first kappa shape index (κ1) is 15.3. The van der Waals surface area contributed by atoms with E-state index in [-0.39, 0.29) is 11.7 Å². The molecule has 2 heterocycles. The molecule has 3 rings (SSSR count). The Morgan fingerprint density at radius 2 is 2.05 bits per heavy atom. The van der Waals surface area contributed by atoms with Crippen LogP contribution in [0.4, 0.5) is 5.13 Å². The molecule has 1 aliphatic rings. The Morgan fingerprint density at radius 3 is 2.68 bits per heavy atom. The summed E-state index contributed by atoms with van der Waals surface area (Å²) in [6, 6.07) is 3.53. The fraction of sp³-hybridized carbons (Fsp3) is 0.333. The van der Waals surface area contributed by atoms with Gasteiger partial charge >= 0.3 is 0 Å². The topological polar surface area (TPSA) is 56.7 Å². The normalized spacial score (nSPS) is 15.2. The zero-order chi connectivity index (χ0) is 15.7. The summed E-state index contributed by atoms with van der Waals surface area (Å²) in [4.78, 5) is 20.9. The minimum absolute atomic E-state index is 0.0120. The molecule has 1 aliphatic heterocycles. The molecule has 0 spiro atoms. The standard InChI is InChI=1S/C15H16BrN3O2S/c1-10-8-11(13(20)12(16)9-10)14(21)18-3-5-19(6-4-18)15-17-2-7-22-15/h2,7-9,20H,3-6H2,1H3. The number of amides is 1. The summed E-state index contributed by atoms with van der Waals surface area (Å²) in [5.41, 5.74) is 1.30. The van der Waals surface area contributed by atoms with Gasteiger partial charge in [0.1, 0.15) is 5.75 Å². The highest BCUT2D eigenvalue weighted by atomic mass is 79.9. The van der Waals surface area contributed by atoms with Gasteiger partial charge in [-0.2, -0.15) is 0 Å². The summed E-state index contributed by atoms with van der Waals surface area (Å²) in [5.74, 6) is -0.112. The molecule has 1 amide bonds. The smallest absolute Gasteiger partial charge is 0.257 e. The maximum absolute atomic E-state index is 12.6. The second-order valence-electron chi connectivity index (χ2n) is 5.24. The first-order valence-electron chi connectivity index (χ1n) is 6.99. The van der Waals surface area contributed by atoms with E-state index in [0.717, 1.165) is 23.8 Å². The van der Waals surface area contributed by atoms with Crippen LogP contribution in [0.25, 0.3) is 0 Å². The van der Waals surface area contributed by atoms with Crippen LogP contribution in [-0.4, -0.2) is 47.1 Å². The molecule has 7 heteroatoms. The molecule has 1 aromatic carbocycles. The van der Waals surface area contributed by atoms with E-state index < -0.39 is 0 Å². The summed E-state index contributed by atoms with van der Waals surface area (Å²) in [6.45, 7) is 4.67. The van der Waals surface area contributed by atoms with Crippen molar-refractivity contribution in [1.82, 2.24) is 9.88 Å². The van der Waals surface area contributed by atoms with Gasteiger partial charge < -0.3 is 14.9 Å². The van der Waals surface area contributed by atoms with Gasteiger partial charge in [-0.1, -0.05) is 0 Å². The van der Waals surface area contributed by atoms with Gasteiger partial charge in [-0.25, -0.2) is 4.98 Å². The van der Waals surface area contributed by atoms with Crippen molar-refractivity contribution >= 4 is 38.3 Å². The zero-order valence-corrected chi connectivity index (χ0v) is 14.5. The molecule has 1 aromatic heterocycles. The van der Waals surface area contributed by atoms with Crippen LogP contribution in [0, 0.1) is 6.92 Å². The van der Waals surface area contributed by atoms with Crippen molar-refractivity contribution in [3.63, 3.8) is 0 Å². The quantitative estimate of drug-likeness (QED) is 0.868. The first-order valence-corrected chi connectivity index (χ1v) is 8.66. The number of carbonyl (C=O) groups is 1. The van der Waals surface area contributed by atoms with Crippen molar-refractivity contribution in [3.8, 4) is 5.75 Å². The van der Waals surface area contributed by atoms with Gasteiger partial charge in [0, 0.05) is 37.8 Å². The number of phenols is 1. The second kappa shape index (κ2) is 6.26. The van der Waals surface area contributed by atoms with Gasteiger partial charge in [-0.15, -0.1) is 11.3 Å². The van der Waals surface area contributed by atoms with E-state index in [1.54, 1.807) is 34.6 Å². The van der Waals surface area contributed by atoms with Crippen LogP contribution in [0.3, 0.4) is 0 Å². The van der Waals surface area contributed by atoms with Gasteiger partial charge in [-0.05, 0) is 40.5 Å². The molecular formula is C15H16BrN3O2S. The van der Waals surface area contributed by atoms with Crippen LogP contribution in [0.1, 0.15) is 15.9 Å². The van der Waals surface area contributed by atoms with E-state index in [1.807, 2.05) is 12.3 Å². The average Bonchev–Trinajstić information content (AvgIpc) is 3.05. The second-order valence-corrected chi connectivity index (χ2v) is 6.96. The molecule has 0 saturated carbocycles.